The van der Waals surface area contributed by atoms with Crippen LogP contribution in [-0.4, -0.2) is 23.6 Å². The molecule has 0 amide bonds. The van der Waals surface area contributed by atoms with Gasteiger partial charge in [0.25, 0.3) is 0 Å². The zero-order valence-electron chi connectivity index (χ0n) is 10.1. The summed E-state index contributed by atoms with van der Waals surface area (Å²) in [5.41, 5.74) is 5.84. The highest BCUT2D eigenvalue weighted by Crippen LogP contribution is 2.49. The lowest BCUT2D eigenvalue weighted by molar-refractivity contribution is 0.403. The Hall–Kier alpha value is -0.870. The number of rotatable bonds is 6. The summed E-state index contributed by atoms with van der Waals surface area (Å²) in [6, 6.07) is 7.54. The predicted molar refractivity (Wildman–Crippen MR) is 69.6 cm³/mol. The van der Waals surface area contributed by atoms with Crippen molar-refractivity contribution in [2.75, 3.05) is 19.4 Å². The molecule has 0 heterocycles. The Morgan fingerprint density at radius 3 is 2.71 bits per heavy atom. The third kappa shape index (κ3) is 2.87. The van der Waals surface area contributed by atoms with Gasteiger partial charge in [0.1, 0.15) is 5.75 Å². The van der Waals surface area contributed by atoms with E-state index in [4.69, 9.17) is 10.5 Å². The smallest absolute Gasteiger partial charge is 0.134 e. The molecule has 4 heteroatoms. The van der Waals surface area contributed by atoms with Crippen LogP contribution < -0.4 is 10.5 Å². The first-order chi connectivity index (χ1) is 8.21. The Balaban J connectivity index is 2.09. The molecule has 1 aliphatic carbocycles. The molecule has 2 N–H and O–H groups in total. The van der Waals surface area contributed by atoms with Crippen molar-refractivity contribution in [2.24, 2.45) is 11.1 Å². The van der Waals surface area contributed by atoms with Crippen LogP contribution in [0.25, 0.3) is 0 Å². The summed E-state index contributed by atoms with van der Waals surface area (Å²) in [4.78, 5) is 0.804. The number of ether oxygens (including phenoxy) is 1. The van der Waals surface area contributed by atoms with Crippen LogP contribution >= 0.6 is 0 Å². The van der Waals surface area contributed by atoms with Crippen LogP contribution in [0.2, 0.25) is 0 Å². The minimum Gasteiger partial charge on any atom is -0.495 e. The van der Waals surface area contributed by atoms with Crippen LogP contribution in [0.4, 0.5) is 0 Å². The van der Waals surface area contributed by atoms with Crippen molar-refractivity contribution in [3.05, 3.63) is 24.3 Å². The van der Waals surface area contributed by atoms with Crippen molar-refractivity contribution in [1.82, 2.24) is 0 Å². The van der Waals surface area contributed by atoms with Crippen LogP contribution in [0.3, 0.4) is 0 Å². The van der Waals surface area contributed by atoms with Gasteiger partial charge in [0.15, 0.2) is 0 Å². The number of nitrogens with two attached hydrogens (primary N) is 1. The van der Waals surface area contributed by atoms with E-state index in [1.165, 1.54) is 0 Å². The summed E-state index contributed by atoms with van der Waals surface area (Å²) < 4.78 is 17.6. The van der Waals surface area contributed by atoms with Gasteiger partial charge in [-0.3, -0.25) is 4.21 Å². The van der Waals surface area contributed by atoms with Gasteiger partial charge in [0.05, 0.1) is 22.8 Å². The Labute approximate surface area is 105 Å². The van der Waals surface area contributed by atoms with E-state index in [-0.39, 0.29) is 5.41 Å². The number of benzene rings is 1. The van der Waals surface area contributed by atoms with E-state index in [9.17, 15) is 4.21 Å². The molecule has 1 fully saturated rings. The molecule has 0 aromatic heterocycles. The molecule has 2 rings (SSSR count). The van der Waals surface area contributed by atoms with E-state index in [1.54, 1.807) is 7.11 Å². The van der Waals surface area contributed by atoms with Crippen molar-refractivity contribution in [2.45, 2.75) is 24.2 Å². The Bertz CT molecular complexity index is 416. The summed E-state index contributed by atoms with van der Waals surface area (Å²) in [6.07, 6.45) is 3.30. The van der Waals surface area contributed by atoms with Crippen molar-refractivity contribution >= 4 is 10.8 Å². The van der Waals surface area contributed by atoms with E-state index < -0.39 is 10.8 Å². The number of hydrogen-bond acceptors (Lipinski definition) is 3. The highest BCUT2D eigenvalue weighted by Gasteiger charge is 2.43. The highest BCUT2D eigenvalue weighted by atomic mass is 32.2. The van der Waals surface area contributed by atoms with Crippen molar-refractivity contribution < 1.29 is 8.95 Å². The van der Waals surface area contributed by atoms with Gasteiger partial charge in [-0.25, -0.2) is 0 Å². The molecular formula is C13H19NO2S. The first-order valence-electron chi connectivity index (χ1n) is 5.92. The molecule has 1 aliphatic rings. The molecule has 0 aliphatic heterocycles. The Morgan fingerprint density at radius 1 is 1.41 bits per heavy atom. The van der Waals surface area contributed by atoms with Gasteiger partial charge >= 0.3 is 0 Å². The standard InChI is InChI=1S/C13H19NO2S/c1-16-11-4-2-3-5-12(11)17(15)10-13(6-7-13)8-9-14/h2-5H,6-10,14H2,1H3. The molecule has 1 aromatic rings. The average molecular weight is 253 g/mol. The van der Waals surface area contributed by atoms with E-state index >= 15 is 0 Å². The lowest BCUT2D eigenvalue weighted by Gasteiger charge is -2.14. The van der Waals surface area contributed by atoms with Gasteiger partial charge in [-0.1, -0.05) is 12.1 Å². The maximum atomic E-state index is 12.3. The van der Waals surface area contributed by atoms with Gasteiger partial charge in [-0.2, -0.15) is 0 Å². The largest absolute Gasteiger partial charge is 0.495 e. The monoisotopic (exact) mass is 253 g/mol. The normalized spacial score (nSPS) is 18.7. The van der Waals surface area contributed by atoms with Crippen LogP contribution in [0.15, 0.2) is 29.2 Å². The van der Waals surface area contributed by atoms with Crippen LogP contribution in [-0.2, 0) is 10.8 Å². The second-order valence-corrected chi connectivity index (χ2v) is 6.10. The average Bonchev–Trinajstić information content (AvgIpc) is 3.09. The third-order valence-corrected chi connectivity index (χ3v) is 5.09. The van der Waals surface area contributed by atoms with Crippen molar-refractivity contribution in [3.8, 4) is 5.75 Å². The van der Waals surface area contributed by atoms with Crippen LogP contribution in [0, 0.1) is 5.41 Å². The van der Waals surface area contributed by atoms with Crippen molar-refractivity contribution in [3.63, 3.8) is 0 Å². The zero-order chi connectivity index (χ0) is 12.3. The quantitative estimate of drug-likeness (QED) is 0.843. The second kappa shape index (κ2) is 5.19. The zero-order valence-corrected chi connectivity index (χ0v) is 11.0. The lowest BCUT2D eigenvalue weighted by atomic mass is 10.1. The number of para-hydroxylation sites is 1. The minimum absolute atomic E-state index is 0.237. The molecule has 0 bridgehead atoms. The lowest BCUT2D eigenvalue weighted by Crippen LogP contribution is -2.17. The van der Waals surface area contributed by atoms with E-state index in [2.05, 4.69) is 0 Å². The van der Waals surface area contributed by atoms with Crippen LogP contribution in [0.5, 0.6) is 5.75 Å². The number of methoxy groups -OCH3 is 1. The second-order valence-electron chi connectivity index (χ2n) is 4.68. The first-order valence-corrected chi connectivity index (χ1v) is 7.24. The number of hydrogen-bond donors (Lipinski definition) is 1. The van der Waals surface area contributed by atoms with Gasteiger partial charge in [0, 0.05) is 5.75 Å². The fourth-order valence-electron chi connectivity index (χ4n) is 2.11. The van der Waals surface area contributed by atoms with Gasteiger partial charge < -0.3 is 10.5 Å². The summed E-state index contributed by atoms with van der Waals surface area (Å²) in [5, 5.41) is 0. The van der Waals surface area contributed by atoms with Gasteiger partial charge in [-0.05, 0) is 43.4 Å². The molecule has 17 heavy (non-hydrogen) atoms. The summed E-state index contributed by atoms with van der Waals surface area (Å²) in [7, 11) is 0.630. The summed E-state index contributed by atoms with van der Waals surface area (Å²) in [5.74, 6) is 1.43. The summed E-state index contributed by atoms with van der Waals surface area (Å²) >= 11 is 0. The molecule has 1 atom stereocenters. The molecule has 3 nitrogen and oxygen atoms in total. The van der Waals surface area contributed by atoms with Crippen LogP contribution in [0.1, 0.15) is 19.3 Å². The van der Waals surface area contributed by atoms with Gasteiger partial charge in [-0.15, -0.1) is 0 Å². The highest BCUT2D eigenvalue weighted by molar-refractivity contribution is 7.85. The molecule has 94 valence electrons. The first kappa shape index (κ1) is 12.6. The maximum absolute atomic E-state index is 12.3. The topological polar surface area (TPSA) is 52.3 Å². The van der Waals surface area contributed by atoms with E-state index in [0.717, 1.165) is 29.9 Å². The third-order valence-electron chi connectivity index (χ3n) is 3.38. The van der Waals surface area contributed by atoms with Crippen molar-refractivity contribution in [1.29, 1.82) is 0 Å². The van der Waals surface area contributed by atoms with E-state index in [1.807, 2.05) is 24.3 Å². The van der Waals surface area contributed by atoms with E-state index in [0.29, 0.717) is 12.3 Å². The maximum Gasteiger partial charge on any atom is 0.134 e. The molecule has 0 saturated heterocycles. The molecule has 1 aromatic carbocycles. The SMILES string of the molecule is COc1ccccc1S(=O)CC1(CCN)CC1. The molecule has 0 radical (unpaired) electrons. The Kier molecular flexibility index (Phi) is 3.84. The predicted octanol–water partition coefficient (Wildman–Crippen LogP) is 1.93. The molecule has 0 spiro atoms. The van der Waals surface area contributed by atoms with Gasteiger partial charge in [0.2, 0.25) is 0 Å². The molecular weight excluding hydrogens is 234 g/mol. The Morgan fingerprint density at radius 2 is 2.12 bits per heavy atom. The molecule has 1 unspecified atom stereocenters. The summed E-state index contributed by atoms with van der Waals surface area (Å²) in [6.45, 7) is 0.684. The fourth-order valence-corrected chi connectivity index (χ4v) is 3.86. The molecule has 1 saturated carbocycles. The minimum atomic E-state index is -0.984. The fraction of sp³-hybridized carbons (Fsp3) is 0.538.